The van der Waals surface area contributed by atoms with Gasteiger partial charge in [0.1, 0.15) is 5.69 Å². The van der Waals surface area contributed by atoms with Gasteiger partial charge in [-0.05, 0) is 17.2 Å². The van der Waals surface area contributed by atoms with Gasteiger partial charge in [-0.15, -0.1) is 0 Å². The van der Waals surface area contributed by atoms with Crippen LogP contribution in [0.15, 0.2) is 30.7 Å². The molecule has 0 spiro atoms. The monoisotopic (exact) mass is 314 g/mol. The molecule has 1 unspecified atom stereocenters. The van der Waals surface area contributed by atoms with Gasteiger partial charge in [-0.2, -0.15) is 18.3 Å². The Kier molecular flexibility index (Phi) is 4.34. The summed E-state index contributed by atoms with van der Waals surface area (Å²) in [6.45, 7) is 0.00801. The third-order valence-electron chi connectivity index (χ3n) is 3.06. The Morgan fingerprint density at radius 2 is 2.09 bits per heavy atom. The molecule has 2 heterocycles. The van der Waals surface area contributed by atoms with E-state index in [1.807, 2.05) is 0 Å². The molecule has 2 N–H and O–H groups in total. The lowest BCUT2D eigenvalue weighted by Gasteiger charge is -2.16. The summed E-state index contributed by atoms with van der Waals surface area (Å²) in [5, 5.41) is 14.9. The number of aryl methyl sites for hydroxylation is 1. The van der Waals surface area contributed by atoms with E-state index in [1.54, 1.807) is 13.2 Å². The first kappa shape index (κ1) is 15.8. The molecule has 0 aromatic carbocycles. The van der Waals surface area contributed by atoms with Crippen LogP contribution in [0.1, 0.15) is 22.7 Å². The summed E-state index contributed by atoms with van der Waals surface area (Å²) < 4.78 is 39.1. The molecule has 0 saturated heterocycles. The molecular weight excluding hydrogens is 301 g/mol. The summed E-state index contributed by atoms with van der Waals surface area (Å²) in [5.41, 5.74) is 0.153. The molecule has 9 heteroatoms. The maximum atomic E-state index is 12.5. The highest BCUT2D eigenvalue weighted by Crippen LogP contribution is 2.29. The Hall–Kier alpha value is -2.58. The molecule has 1 amide bonds. The lowest BCUT2D eigenvalue weighted by molar-refractivity contribution is -0.141. The third kappa shape index (κ3) is 3.74. The van der Waals surface area contributed by atoms with Crippen LogP contribution in [0.3, 0.4) is 0 Å². The summed E-state index contributed by atoms with van der Waals surface area (Å²) in [6.07, 6.45) is -1.42. The van der Waals surface area contributed by atoms with E-state index in [9.17, 15) is 18.0 Å². The van der Waals surface area contributed by atoms with Crippen LogP contribution >= 0.6 is 0 Å². The normalized spacial score (nSPS) is 12.9. The zero-order valence-corrected chi connectivity index (χ0v) is 11.5. The quantitative estimate of drug-likeness (QED) is 0.907. The topological polar surface area (TPSA) is 80.0 Å². The zero-order valence-electron chi connectivity index (χ0n) is 11.5. The number of rotatable bonds is 4. The smallest absolute Gasteiger partial charge is 0.433 e. The van der Waals surface area contributed by atoms with Crippen molar-refractivity contribution in [3.05, 3.63) is 47.5 Å². The second kappa shape index (κ2) is 6.04. The Morgan fingerprint density at radius 1 is 1.36 bits per heavy atom. The Morgan fingerprint density at radius 3 is 2.55 bits per heavy atom. The van der Waals surface area contributed by atoms with Crippen molar-refractivity contribution in [3.63, 3.8) is 0 Å². The molecular formula is C13H13F3N4O2. The van der Waals surface area contributed by atoms with E-state index >= 15 is 0 Å². The molecule has 22 heavy (non-hydrogen) atoms. The minimum absolute atomic E-state index is 0.00801. The van der Waals surface area contributed by atoms with Crippen molar-refractivity contribution in [2.24, 2.45) is 7.05 Å². The van der Waals surface area contributed by atoms with Crippen molar-refractivity contribution in [1.82, 2.24) is 20.1 Å². The molecule has 2 aromatic heterocycles. The molecule has 0 bridgehead atoms. The SMILES string of the molecule is Cn1cc(C(CNC(=O)O)c2ccc(C(F)(F)F)nc2)cn1. The molecule has 2 aromatic rings. The first-order valence-electron chi connectivity index (χ1n) is 6.26. The van der Waals surface area contributed by atoms with Crippen LogP contribution in [0.4, 0.5) is 18.0 Å². The molecule has 0 aliphatic carbocycles. The fraction of sp³-hybridized carbons (Fsp3) is 0.308. The summed E-state index contributed by atoms with van der Waals surface area (Å²) in [7, 11) is 1.69. The van der Waals surface area contributed by atoms with Crippen LogP contribution < -0.4 is 5.32 Å². The molecule has 118 valence electrons. The number of nitrogens with one attached hydrogen (secondary N) is 1. The standard InChI is InChI=1S/C13H13F3N4O2/c1-20-7-9(5-19-20)10(6-18-12(21)22)8-2-3-11(17-4-8)13(14,15)16/h2-5,7,10,18H,6H2,1H3,(H,21,22). The predicted molar refractivity (Wildman–Crippen MR) is 70.3 cm³/mol. The maximum absolute atomic E-state index is 12.5. The molecule has 0 aliphatic rings. The van der Waals surface area contributed by atoms with E-state index in [0.29, 0.717) is 11.1 Å². The maximum Gasteiger partial charge on any atom is 0.433 e. The number of carboxylic acid groups (broad SMARTS) is 1. The first-order valence-corrected chi connectivity index (χ1v) is 6.26. The van der Waals surface area contributed by atoms with Gasteiger partial charge in [0.05, 0.1) is 6.20 Å². The van der Waals surface area contributed by atoms with Gasteiger partial charge in [-0.1, -0.05) is 6.07 Å². The molecule has 1 atom stereocenters. The van der Waals surface area contributed by atoms with Gasteiger partial charge in [0.2, 0.25) is 0 Å². The van der Waals surface area contributed by atoms with Crippen molar-refractivity contribution in [1.29, 1.82) is 0 Å². The van der Waals surface area contributed by atoms with Gasteiger partial charge in [0.25, 0.3) is 0 Å². The van der Waals surface area contributed by atoms with Crippen LogP contribution in [-0.4, -0.2) is 32.5 Å². The molecule has 0 fully saturated rings. The van der Waals surface area contributed by atoms with Gasteiger partial charge < -0.3 is 10.4 Å². The number of alkyl halides is 3. The van der Waals surface area contributed by atoms with E-state index in [2.05, 4.69) is 15.4 Å². The number of aromatic nitrogens is 3. The lowest BCUT2D eigenvalue weighted by atomic mass is 9.94. The minimum atomic E-state index is -4.51. The van der Waals surface area contributed by atoms with Gasteiger partial charge in [-0.25, -0.2) is 4.79 Å². The van der Waals surface area contributed by atoms with Crippen molar-refractivity contribution in [2.45, 2.75) is 12.1 Å². The fourth-order valence-corrected chi connectivity index (χ4v) is 2.02. The van der Waals surface area contributed by atoms with E-state index in [-0.39, 0.29) is 6.54 Å². The number of carbonyl (C=O) groups is 1. The number of halogens is 3. The van der Waals surface area contributed by atoms with Crippen molar-refractivity contribution in [2.75, 3.05) is 6.54 Å². The van der Waals surface area contributed by atoms with Gasteiger partial charge in [0, 0.05) is 31.9 Å². The van der Waals surface area contributed by atoms with Gasteiger partial charge >= 0.3 is 12.3 Å². The lowest BCUT2D eigenvalue weighted by Crippen LogP contribution is -2.27. The van der Waals surface area contributed by atoms with E-state index < -0.39 is 23.9 Å². The molecule has 6 nitrogen and oxygen atoms in total. The average Bonchev–Trinajstić information content (AvgIpc) is 2.85. The van der Waals surface area contributed by atoms with Crippen molar-refractivity contribution < 1.29 is 23.1 Å². The van der Waals surface area contributed by atoms with Gasteiger partial charge in [-0.3, -0.25) is 9.67 Å². The van der Waals surface area contributed by atoms with Crippen molar-refractivity contribution >= 4 is 6.09 Å². The number of amides is 1. The molecule has 0 radical (unpaired) electrons. The first-order chi connectivity index (χ1) is 10.3. The minimum Gasteiger partial charge on any atom is -0.465 e. The highest BCUT2D eigenvalue weighted by Gasteiger charge is 2.32. The third-order valence-corrected chi connectivity index (χ3v) is 3.06. The summed E-state index contributed by atoms with van der Waals surface area (Å²) in [4.78, 5) is 14.1. The fourth-order valence-electron chi connectivity index (χ4n) is 2.02. The van der Waals surface area contributed by atoms with Crippen LogP contribution in [0.2, 0.25) is 0 Å². The Bertz CT molecular complexity index is 652. The number of hydrogen-bond acceptors (Lipinski definition) is 3. The van der Waals surface area contributed by atoms with Crippen LogP contribution in [-0.2, 0) is 13.2 Å². The second-order valence-corrected chi connectivity index (χ2v) is 4.66. The Balaban J connectivity index is 2.30. The number of nitrogens with zero attached hydrogens (tertiary/aromatic N) is 3. The Labute approximate surface area is 123 Å². The van der Waals surface area contributed by atoms with E-state index in [1.165, 1.54) is 16.9 Å². The molecule has 2 rings (SSSR count). The number of hydrogen-bond donors (Lipinski definition) is 2. The van der Waals surface area contributed by atoms with Crippen LogP contribution in [0, 0.1) is 0 Å². The highest BCUT2D eigenvalue weighted by molar-refractivity contribution is 5.64. The molecule has 0 saturated carbocycles. The van der Waals surface area contributed by atoms with Gasteiger partial charge in [0.15, 0.2) is 0 Å². The molecule has 0 aliphatic heterocycles. The van der Waals surface area contributed by atoms with Crippen molar-refractivity contribution in [3.8, 4) is 0 Å². The summed E-state index contributed by atoms with van der Waals surface area (Å²) in [5.74, 6) is -0.473. The predicted octanol–water partition coefficient (Wildman–Crippen LogP) is 2.23. The summed E-state index contributed by atoms with van der Waals surface area (Å²) >= 11 is 0. The highest BCUT2D eigenvalue weighted by atomic mass is 19.4. The van der Waals surface area contributed by atoms with E-state index in [4.69, 9.17) is 5.11 Å². The second-order valence-electron chi connectivity index (χ2n) is 4.66. The largest absolute Gasteiger partial charge is 0.465 e. The summed E-state index contributed by atoms with van der Waals surface area (Å²) in [6, 6.07) is 2.16. The number of pyridine rings is 1. The average molecular weight is 314 g/mol. The zero-order chi connectivity index (χ0) is 16.3. The van der Waals surface area contributed by atoms with Crippen LogP contribution in [0.5, 0.6) is 0 Å². The van der Waals surface area contributed by atoms with E-state index in [0.717, 1.165) is 12.3 Å². The van der Waals surface area contributed by atoms with Crippen LogP contribution in [0.25, 0.3) is 0 Å².